The van der Waals surface area contributed by atoms with Crippen molar-refractivity contribution in [2.75, 3.05) is 28.4 Å². The van der Waals surface area contributed by atoms with E-state index < -0.39 is 8.80 Å². The summed E-state index contributed by atoms with van der Waals surface area (Å²) >= 11 is 0. The van der Waals surface area contributed by atoms with Gasteiger partial charge >= 0.3 is 14.8 Å². The standard InChI is InChI=1S/C12H21NO3Si.C5H8O2/c1-14-17(15-2,16-3)10-9-12(13)11-7-5-4-6-8-11;1-4(2)5(6)7-3/h4-8,12H,9-10,13H2,1-3H3;1H2,2-3H3. The summed E-state index contributed by atoms with van der Waals surface area (Å²) in [5, 5.41) is 0. The van der Waals surface area contributed by atoms with E-state index in [0.717, 1.165) is 12.0 Å². The third-order valence-corrected chi connectivity index (χ3v) is 6.22. The Hall–Kier alpha value is -1.51. The van der Waals surface area contributed by atoms with Crippen molar-refractivity contribution in [2.24, 2.45) is 5.73 Å². The van der Waals surface area contributed by atoms with E-state index in [-0.39, 0.29) is 12.0 Å². The summed E-state index contributed by atoms with van der Waals surface area (Å²) in [5.74, 6) is -0.347. The minimum absolute atomic E-state index is 0.0106. The van der Waals surface area contributed by atoms with Crippen LogP contribution in [0.3, 0.4) is 0 Å². The van der Waals surface area contributed by atoms with Crippen LogP contribution in [-0.2, 0) is 22.8 Å². The van der Waals surface area contributed by atoms with Gasteiger partial charge in [0.1, 0.15) is 0 Å². The van der Waals surface area contributed by atoms with Crippen LogP contribution in [-0.4, -0.2) is 43.2 Å². The zero-order valence-electron chi connectivity index (χ0n) is 15.2. The Morgan fingerprint density at radius 3 is 1.96 bits per heavy atom. The molecule has 24 heavy (non-hydrogen) atoms. The van der Waals surface area contributed by atoms with E-state index in [1.165, 1.54) is 7.11 Å². The monoisotopic (exact) mass is 355 g/mol. The first-order chi connectivity index (χ1) is 11.4. The van der Waals surface area contributed by atoms with Gasteiger partial charge in [0.25, 0.3) is 0 Å². The number of methoxy groups -OCH3 is 1. The predicted octanol–water partition coefficient (Wildman–Crippen LogP) is 2.69. The maximum Gasteiger partial charge on any atom is 0.500 e. The van der Waals surface area contributed by atoms with Gasteiger partial charge < -0.3 is 23.7 Å². The van der Waals surface area contributed by atoms with Crippen molar-refractivity contribution >= 4 is 14.8 Å². The van der Waals surface area contributed by atoms with Crippen molar-refractivity contribution in [3.05, 3.63) is 48.0 Å². The molecule has 0 aliphatic heterocycles. The number of benzene rings is 1. The second-order valence-corrected chi connectivity index (χ2v) is 8.21. The van der Waals surface area contributed by atoms with Crippen molar-refractivity contribution in [3.63, 3.8) is 0 Å². The lowest BCUT2D eigenvalue weighted by Crippen LogP contribution is -2.43. The average Bonchev–Trinajstić information content (AvgIpc) is 2.63. The maximum absolute atomic E-state index is 10.2. The van der Waals surface area contributed by atoms with Gasteiger partial charge in [-0.3, -0.25) is 0 Å². The molecule has 7 heteroatoms. The van der Waals surface area contributed by atoms with Gasteiger partial charge in [0, 0.05) is 39.0 Å². The number of esters is 1. The highest BCUT2D eigenvalue weighted by Crippen LogP contribution is 2.22. The fraction of sp³-hybridized carbons (Fsp3) is 0.471. The van der Waals surface area contributed by atoms with Crippen LogP contribution in [0.4, 0.5) is 0 Å². The average molecular weight is 356 g/mol. The molecule has 0 aliphatic rings. The van der Waals surface area contributed by atoms with Crippen LogP contribution in [0.1, 0.15) is 24.9 Å². The molecule has 0 heterocycles. The van der Waals surface area contributed by atoms with E-state index >= 15 is 0 Å². The predicted molar refractivity (Wildman–Crippen MR) is 96.4 cm³/mol. The summed E-state index contributed by atoms with van der Waals surface area (Å²) in [6.07, 6.45) is 0.783. The van der Waals surface area contributed by atoms with Crippen molar-refractivity contribution in [1.82, 2.24) is 0 Å². The molecule has 1 rings (SSSR count). The quantitative estimate of drug-likeness (QED) is 0.439. The summed E-state index contributed by atoms with van der Waals surface area (Å²) < 4.78 is 20.4. The first-order valence-corrected chi connectivity index (χ1v) is 9.48. The van der Waals surface area contributed by atoms with Crippen LogP contribution < -0.4 is 5.73 Å². The van der Waals surface area contributed by atoms with Gasteiger partial charge in [-0.25, -0.2) is 4.79 Å². The number of rotatable bonds is 8. The van der Waals surface area contributed by atoms with Gasteiger partial charge in [0.05, 0.1) is 7.11 Å². The van der Waals surface area contributed by atoms with E-state index in [0.29, 0.717) is 11.6 Å². The molecule has 136 valence electrons. The molecule has 0 radical (unpaired) electrons. The molecule has 6 nitrogen and oxygen atoms in total. The lowest BCUT2D eigenvalue weighted by Gasteiger charge is -2.25. The second-order valence-electron chi connectivity index (χ2n) is 5.12. The molecule has 0 spiro atoms. The lowest BCUT2D eigenvalue weighted by atomic mass is 10.1. The van der Waals surface area contributed by atoms with Gasteiger partial charge in [-0.1, -0.05) is 36.9 Å². The van der Waals surface area contributed by atoms with E-state index in [1.54, 1.807) is 28.3 Å². The van der Waals surface area contributed by atoms with E-state index in [9.17, 15) is 4.79 Å². The highest BCUT2D eigenvalue weighted by molar-refractivity contribution is 6.60. The number of hydrogen-bond acceptors (Lipinski definition) is 6. The number of hydrogen-bond donors (Lipinski definition) is 1. The van der Waals surface area contributed by atoms with E-state index in [2.05, 4.69) is 11.3 Å². The molecule has 0 aromatic heterocycles. The minimum Gasteiger partial charge on any atom is -0.466 e. The molecule has 0 fully saturated rings. The zero-order valence-corrected chi connectivity index (χ0v) is 16.2. The van der Waals surface area contributed by atoms with Gasteiger partial charge in [-0.15, -0.1) is 0 Å². The lowest BCUT2D eigenvalue weighted by molar-refractivity contribution is -0.136. The Labute approximate surface area is 145 Å². The molecule has 1 atom stereocenters. The summed E-state index contributed by atoms with van der Waals surface area (Å²) in [6.45, 7) is 4.95. The van der Waals surface area contributed by atoms with E-state index in [4.69, 9.17) is 19.0 Å². The van der Waals surface area contributed by atoms with Gasteiger partial charge in [0.15, 0.2) is 0 Å². The minimum atomic E-state index is -2.49. The van der Waals surface area contributed by atoms with Gasteiger partial charge in [0.2, 0.25) is 0 Å². The van der Waals surface area contributed by atoms with Crippen LogP contribution in [0.25, 0.3) is 0 Å². The molecule has 2 N–H and O–H groups in total. The molecule has 0 saturated carbocycles. The van der Waals surface area contributed by atoms with Crippen molar-refractivity contribution < 1.29 is 22.8 Å². The fourth-order valence-electron chi connectivity index (χ4n) is 1.93. The molecular weight excluding hydrogens is 326 g/mol. The topological polar surface area (TPSA) is 80.0 Å². The maximum atomic E-state index is 10.2. The highest BCUT2D eigenvalue weighted by atomic mass is 28.4. The molecule has 1 unspecified atom stereocenters. The Morgan fingerprint density at radius 1 is 1.12 bits per heavy atom. The van der Waals surface area contributed by atoms with Crippen molar-refractivity contribution in [2.45, 2.75) is 25.4 Å². The zero-order chi connectivity index (χ0) is 18.6. The Morgan fingerprint density at radius 2 is 1.62 bits per heavy atom. The summed E-state index contributed by atoms with van der Waals surface area (Å²) in [7, 11) is 3.69. The van der Waals surface area contributed by atoms with Crippen LogP contribution >= 0.6 is 0 Å². The number of ether oxygens (including phenoxy) is 1. The molecular formula is C17H29NO5Si. The van der Waals surface area contributed by atoms with Crippen LogP contribution in [0.5, 0.6) is 0 Å². The number of carbonyl (C=O) groups excluding carboxylic acids is 1. The first-order valence-electron chi connectivity index (χ1n) is 7.55. The normalized spacial score (nSPS) is 11.9. The summed E-state index contributed by atoms with van der Waals surface area (Å²) in [6, 6.07) is 10.7. The van der Waals surface area contributed by atoms with Gasteiger partial charge in [-0.05, 0) is 18.9 Å². The molecule has 0 bridgehead atoms. The number of carbonyl (C=O) groups is 1. The fourth-order valence-corrected chi connectivity index (χ4v) is 3.71. The molecule has 0 amide bonds. The smallest absolute Gasteiger partial charge is 0.466 e. The van der Waals surface area contributed by atoms with Crippen molar-refractivity contribution in [3.8, 4) is 0 Å². The summed E-state index contributed by atoms with van der Waals surface area (Å²) in [5.41, 5.74) is 7.68. The molecule has 0 aliphatic carbocycles. The van der Waals surface area contributed by atoms with E-state index in [1.807, 2.05) is 30.3 Å². The van der Waals surface area contributed by atoms with Crippen LogP contribution in [0.2, 0.25) is 6.04 Å². The van der Waals surface area contributed by atoms with Crippen LogP contribution in [0.15, 0.2) is 42.5 Å². The molecule has 1 aromatic carbocycles. The van der Waals surface area contributed by atoms with Crippen molar-refractivity contribution in [1.29, 1.82) is 0 Å². The number of nitrogens with two attached hydrogens (primary N) is 1. The van der Waals surface area contributed by atoms with Crippen LogP contribution in [0, 0.1) is 0 Å². The first kappa shape index (κ1) is 22.5. The Bertz CT molecular complexity index is 483. The highest BCUT2D eigenvalue weighted by Gasteiger charge is 2.37. The molecule has 1 aromatic rings. The second kappa shape index (κ2) is 11.9. The third kappa shape index (κ3) is 7.85. The summed E-state index contributed by atoms with van der Waals surface area (Å²) in [4.78, 5) is 10.2. The Balaban J connectivity index is 0.000000640. The SMILES string of the molecule is C=C(C)C(=O)OC.CO[Si](CCC(N)c1ccccc1)(OC)OC. The van der Waals surface area contributed by atoms with Gasteiger partial charge in [-0.2, -0.15) is 0 Å². The third-order valence-electron chi connectivity index (χ3n) is 3.46. The Kier molecular flexibility index (Phi) is 11.2. The largest absolute Gasteiger partial charge is 0.500 e. The molecule has 0 saturated heterocycles.